The van der Waals surface area contributed by atoms with Gasteiger partial charge in [-0.25, -0.2) is 4.98 Å². The van der Waals surface area contributed by atoms with Crippen molar-refractivity contribution in [3.05, 3.63) is 57.5 Å². The Kier molecular flexibility index (Phi) is 6.35. The molecular formula is C25H33N5O2. The van der Waals surface area contributed by atoms with Crippen molar-refractivity contribution in [2.45, 2.75) is 70.4 Å². The minimum absolute atomic E-state index is 0.0299. The fraction of sp³-hybridized carbons (Fsp3) is 0.600. The molecule has 0 spiro atoms. The highest BCUT2D eigenvalue weighted by Crippen LogP contribution is 2.31. The predicted molar refractivity (Wildman–Crippen MR) is 122 cm³/mol. The Morgan fingerprint density at radius 2 is 1.94 bits per heavy atom. The third kappa shape index (κ3) is 4.49. The molecule has 1 saturated heterocycles. The number of hydrogen-bond acceptors (Lipinski definition) is 5. The van der Waals surface area contributed by atoms with E-state index in [1.165, 1.54) is 32.1 Å². The van der Waals surface area contributed by atoms with Gasteiger partial charge in [-0.15, -0.1) is 0 Å². The first-order valence-corrected chi connectivity index (χ1v) is 12.2. The summed E-state index contributed by atoms with van der Waals surface area (Å²) in [5.74, 6) is 1.37. The van der Waals surface area contributed by atoms with Gasteiger partial charge in [0.05, 0.1) is 22.9 Å². The minimum Gasteiger partial charge on any atom is -0.328 e. The van der Waals surface area contributed by atoms with Crippen LogP contribution in [0.2, 0.25) is 0 Å². The lowest BCUT2D eigenvalue weighted by Crippen LogP contribution is -2.42. The number of piperidine rings is 1. The molecule has 7 nitrogen and oxygen atoms in total. The number of carbonyl (C=O) groups excluding carboxylic acids is 1. The molecule has 1 N–H and O–H groups in total. The number of amides is 1. The van der Waals surface area contributed by atoms with Crippen molar-refractivity contribution in [1.29, 1.82) is 0 Å². The first kappa shape index (κ1) is 21.3. The maximum absolute atomic E-state index is 13.1. The van der Waals surface area contributed by atoms with Crippen LogP contribution in [0.15, 0.2) is 29.3 Å². The number of hydrogen-bond donors (Lipinski definition) is 1. The van der Waals surface area contributed by atoms with Gasteiger partial charge in [0.15, 0.2) is 0 Å². The van der Waals surface area contributed by atoms with E-state index in [0.29, 0.717) is 24.5 Å². The predicted octanol–water partition coefficient (Wildman–Crippen LogP) is 3.47. The fourth-order valence-electron chi connectivity index (χ4n) is 5.66. The molecule has 1 aliphatic carbocycles. The summed E-state index contributed by atoms with van der Waals surface area (Å²) >= 11 is 0. The molecule has 3 aliphatic rings. The lowest BCUT2D eigenvalue weighted by atomic mass is 9.88. The molecule has 2 aliphatic heterocycles. The number of aromatic nitrogens is 3. The van der Waals surface area contributed by atoms with Crippen molar-refractivity contribution in [3.8, 4) is 0 Å². The molecule has 5 rings (SSSR count). The van der Waals surface area contributed by atoms with E-state index >= 15 is 0 Å². The number of likely N-dealkylation sites (tertiary alicyclic amines) is 1. The van der Waals surface area contributed by atoms with Crippen molar-refractivity contribution in [3.63, 3.8) is 0 Å². The lowest BCUT2D eigenvalue weighted by molar-refractivity contribution is 0.0598. The van der Waals surface area contributed by atoms with E-state index in [-0.39, 0.29) is 17.5 Å². The Morgan fingerprint density at radius 1 is 1.09 bits per heavy atom. The summed E-state index contributed by atoms with van der Waals surface area (Å²) in [5, 5.41) is 0. The largest absolute Gasteiger partial charge is 0.328 e. The normalized spacial score (nSPS) is 22.5. The van der Waals surface area contributed by atoms with Crippen LogP contribution in [0.25, 0.3) is 0 Å². The highest BCUT2D eigenvalue weighted by molar-refractivity contribution is 5.94. The second kappa shape index (κ2) is 9.53. The number of fused-ring (bicyclic) bond motifs is 1. The van der Waals surface area contributed by atoms with E-state index in [0.717, 1.165) is 55.9 Å². The molecular weight excluding hydrogens is 402 g/mol. The van der Waals surface area contributed by atoms with Gasteiger partial charge in [-0.3, -0.25) is 19.5 Å². The summed E-state index contributed by atoms with van der Waals surface area (Å²) < 4.78 is 0. The first-order chi connectivity index (χ1) is 15.7. The minimum atomic E-state index is -0.185. The zero-order chi connectivity index (χ0) is 21.9. The van der Waals surface area contributed by atoms with Crippen LogP contribution in [0.4, 0.5) is 0 Å². The van der Waals surface area contributed by atoms with Gasteiger partial charge >= 0.3 is 0 Å². The van der Waals surface area contributed by atoms with Gasteiger partial charge < -0.3 is 9.88 Å². The van der Waals surface area contributed by atoms with Crippen LogP contribution in [-0.2, 0) is 13.0 Å². The standard InChI is InChI=1S/C25H33N5O2/c31-24-20-17-29(16-18-7-2-1-3-8-18)14-11-21(20)27-23(28-24)22-10-4-5-13-30(22)25(32)19-9-6-12-26-15-19/h6,9,12,15,18,22H,1-5,7-8,10-11,13-14,16-17H2,(H,27,28,31)/t22-/m0/s1. The molecule has 4 heterocycles. The van der Waals surface area contributed by atoms with Crippen LogP contribution in [0.5, 0.6) is 0 Å². The maximum atomic E-state index is 13.1. The van der Waals surface area contributed by atoms with Crippen LogP contribution < -0.4 is 5.56 Å². The van der Waals surface area contributed by atoms with E-state index in [9.17, 15) is 9.59 Å². The Morgan fingerprint density at radius 3 is 2.75 bits per heavy atom. The monoisotopic (exact) mass is 435 g/mol. The number of nitrogens with zero attached hydrogens (tertiary/aromatic N) is 4. The number of pyridine rings is 1. The quantitative estimate of drug-likeness (QED) is 0.795. The van der Waals surface area contributed by atoms with Gasteiger partial charge in [0.1, 0.15) is 5.82 Å². The molecule has 1 amide bonds. The molecule has 32 heavy (non-hydrogen) atoms. The average molecular weight is 436 g/mol. The van der Waals surface area contributed by atoms with Gasteiger partial charge in [0.2, 0.25) is 0 Å². The summed E-state index contributed by atoms with van der Waals surface area (Å²) in [7, 11) is 0. The van der Waals surface area contributed by atoms with Gasteiger partial charge in [0, 0.05) is 45.0 Å². The Labute approximate surface area is 189 Å². The number of carbonyl (C=O) groups is 1. The second-order valence-corrected chi connectivity index (χ2v) is 9.62. The van der Waals surface area contributed by atoms with E-state index in [1.807, 2.05) is 4.90 Å². The van der Waals surface area contributed by atoms with Crippen LogP contribution in [0, 0.1) is 5.92 Å². The van der Waals surface area contributed by atoms with E-state index < -0.39 is 0 Å². The highest BCUT2D eigenvalue weighted by atomic mass is 16.2. The van der Waals surface area contributed by atoms with E-state index in [4.69, 9.17) is 4.98 Å². The summed E-state index contributed by atoms with van der Waals surface area (Å²) in [6.07, 6.45) is 13.6. The molecule has 0 aromatic carbocycles. The van der Waals surface area contributed by atoms with Crippen LogP contribution in [0.3, 0.4) is 0 Å². The van der Waals surface area contributed by atoms with Crippen molar-refractivity contribution < 1.29 is 4.79 Å². The first-order valence-electron chi connectivity index (χ1n) is 12.2. The molecule has 0 unspecified atom stereocenters. The zero-order valence-corrected chi connectivity index (χ0v) is 18.8. The topological polar surface area (TPSA) is 82.2 Å². The third-order valence-electron chi connectivity index (χ3n) is 7.39. The summed E-state index contributed by atoms with van der Waals surface area (Å²) in [6.45, 7) is 3.42. The second-order valence-electron chi connectivity index (χ2n) is 9.62. The van der Waals surface area contributed by atoms with Crippen molar-refractivity contribution >= 4 is 5.91 Å². The van der Waals surface area contributed by atoms with Crippen molar-refractivity contribution in [2.24, 2.45) is 5.92 Å². The molecule has 1 atom stereocenters. The van der Waals surface area contributed by atoms with Crippen LogP contribution >= 0.6 is 0 Å². The maximum Gasteiger partial charge on any atom is 0.256 e. The highest BCUT2D eigenvalue weighted by Gasteiger charge is 2.32. The average Bonchev–Trinajstić information content (AvgIpc) is 2.85. The van der Waals surface area contributed by atoms with Crippen LogP contribution in [-0.4, -0.2) is 50.3 Å². The lowest BCUT2D eigenvalue weighted by Gasteiger charge is -2.36. The Bertz CT molecular complexity index is 999. The molecule has 2 fully saturated rings. The molecule has 1 saturated carbocycles. The molecule has 170 valence electrons. The zero-order valence-electron chi connectivity index (χ0n) is 18.8. The van der Waals surface area contributed by atoms with Gasteiger partial charge in [0.25, 0.3) is 11.5 Å². The number of H-pyrrole nitrogens is 1. The van der Waals surface area contributed by atoms with Crippen LogP contribution in [0.1, 0.15) is 84.8 Å². The Hall–Kier alpha value is -2.54. The number of nitrogens with one attached hydrogen (secondary N) is 1. The smallest absolute Gasteiger partial charge is 0.256 e. The SMILES string of the molecule is O=C(c1cccnc1)N1CCCC[C@H]1c1nc2c(c(=O)[nH]1)CN(CC1CCCCC1)CC2. The van der Waals surface area contributed by atoms with Gasteiger partial charge in [-0.2, -0.15) is 0 Å². The summed E-state index contributed by atoms with van der Waals surface area (Å²) in [4.78, 5) is 42.6. The molecule has 0 radical (unpaired) electrons. The molecule has 2 aromatic rings. The third-order valence-corrected chi connectivity index (χ3v) is 7.39. The Balaban J connectivity index is 1.35. The van der Waals surface area contributed by atoms with Crippen molar-refractivity contribution in [1.82, 2.24) is 24.8 Å². The molecule has 2 aromatic heterocycles. The number of aromatic amines is 1. The molecule has 7 heteroatoms. The number of rotatable bonds is 4. The summed E-state index contributed by atoms with van der Waals surface area (Å²) in [5.41, 5.74) is 2.29. The van der Waals surface area contributed by atoms with Crippen molar-refractivity contribution in [2.75, 3.05) is 19.6 Å². The summed E-state index contributed by atoms with van der Waals surface area (Å²) in [6, 6.07) is 3.39. The van der Waals surface area contributed by atoms with Gasteiger partial charge in [-0.05, 0) is 50.2 Å². The van der Waals surface area contributed by atoms with E-state index in [1.54, 1.807) is 24.5 Å². The molecule has 0 bridgehead atoms. The van der Waals surface area contributed by atoms with E-state index in [2.05, 4.69) is 14.9 Å². The fourth-order valence-corrected chi connectivity index (χ4v) is 5.66. The van der Waals surface area contributed by atoms with Gasteiger partial charge in [-0.1, -0.05) is 19.3 Å².